The lowest BCUT2D eigenvalue weighted by atomic mass is 9.90. The Balaban J connectivity index is 1.83. The van der Waals surface area contributed by atoms with Gasteiger partial charge in [0.1, 0.15) is 5.82 Å². The van der Waals surface area contributed by atoms with Gasteiger partial charge in [0.25, 0.3) is 0 Å². The first-order valence-electron chi connectivity index (χ1n) is 6.09. The number of aromatic nitrogens is 2. The summed E-state index contributed by atoms with van der Waals surface area (Å²) in [6.45, 7) is 1.76. The zero-order valence-corrected chi connectivity index (χ0v) is 9.38. The van der Waals surface area contributed by atoms with Crippen LogP contribution >= 0.6 is 0 Å². The number of nitrogens with zero attached hydrogens (tertiary/aromatic N) is 3. The van der Waals surface area contributed by atoms with Gasteiger partial charge in [0.05, 0.1) is 24.9 Å². The summed E-state index contributed by atoms with van der Waals surface area (Å²) in [4.78, 5) is 10.9. The molecular weight excluding hydrogens is 202 g/mol. The molecule has 1 saturated heterocycles. The third-order valence-corrected chi connectivity index (χ3v) is 3.58. The summed E-state index contributed by atoms with van der Waals surface area (Å²) in [5.41, 5.74) is 0. The van der Waals surface area contributed by atoms with Gasteiger partial charge in [0, 0.05) is 18.9 Å². The molecule has 1 aromatic heterocycles. The quantitative estimate of drug-likeness (QED) is 0.719. The fourth-order valence-corrected chi connectivity index (χ4v) is 2.82. The summed E-state index contributed by atoms with van der Waals surface area (Å²) in [6.07, 6.45) is 10.8. The van der Waals surface area contributed by atoms with Crippen molar-refractivity contribution < 1.29 is 4.74 Å². The van der Waals surface area contributed by atoms with E-state index in [0.29, 0.717) is 12.1 Å². The van der Waals surface area contributed by atoms with Crippen molar-refractivity contribution in [1.29, 1.82) is 0 Å². The molecule has 2 heterocycles. The molecule has 1 aromatic rings. The van der Waals surface area contributed by atoms with Gasteiger partial charge in [-0.05, 0) is 12.8 Å². The molecule has 0 amide bonds. The van der Waals surface area contributed by atoms with Crippen LogP contribution in [0.3, 0.4) is 0 Å². The summed E-state index contributed by atoms with van der Waals surface area (Å²) in [5, 5.41) is 0. The Morgan fingerprint density at radius 3 is 3.06 bits per heavy atom. The molecule has 2 fully saturated rings. The van der Waals surface area contributed by atoms with Crippen molar-refractivity contribution in [3.8, 4) is 0 Å². The second-order valence-corrected chi connectivity index (χ2v) is 4.52. The molecule has 86 valence electrons. The number of rotatable bonds is 1. The number of anilines is 1. The fraction of sp³-hybridized carbons (Fsp3) is 0.667. The van der Waals surface area contributed by atoms with E-state index in [9.17, 15) is 0 Å². The van der Waals surface area contributed by atoms with E-state index < -0.39 is 0 Å². The maximum atomic E-state index is 5.84. The second-order valence-electron chi connectivity index (χ2n) is 4.52. The highest BCUT2D eigenvalue weighted by Gasteiger charge is 2.34. The summed E-state index contributed by atoms with van der Waals surface area (Å²) in [7, 11) is 0. The maximum Gasteiger partial charge on any atom is 0.147 e. The minimum absolute atomic E-state index is 0.407. The topological polar surface area (TPSA) is 38.2 Å². The van der Waals surface area contributed by atoms with Gasteiger partial charge in [-0.1, -0.05) is 12.8 Å². The van der Waals surface area contributed by atoms with Crippen molar-refractivity contribution in [2.75, 3.05) is 18.1 Å². The predicted molar refractivity (Wildman–Crippen MR) is 61.4 cm³/mol. The predicted octanol–water partition coefficient (Wildman–Crippen LogP) is 1.62. The average molecular weight is 219 g/mol. The monoisotopic (exact) mass is 219 g/mol. The zero-order valence-electron chi connectivity index (χ0n) is 9.38. The van der Waals surface area contributed by atoms with E-state index in [1.807, 2.05) is 6.20 Å². The highest BCUT2D eigenvalue weighted by molar-refractivity contribution is 5.38. The molecule has 0 spiro atoms. The van der Waals surface area contributed by atoms with E-state index in [1.165, 1.54) is 25.7 Å². The molecule has 0 bridgehead atoms. The van der Waals surface area contributed by atoms with E-state index in [4.69, 9.17) is 4.74 Å². The van der Waals surface area contributed by atoms with E-state index in [0.717, 1.165) is 19.0 Å². The summed E-state index contributed by atoms with van der Waals surface area (Å²) >= 11 is 0. The highest BCUT2D eigenvalue weighted by Crippen LogP contribution is 2.30. The van der Waals surface area contributed by atoms with Crippen LogP contribution < -0.4 is 4.90 Å². The van der Waals surface area contributed by atoms with E-state index in [2.05, 4.69) is 14.9 Å². The van der Waals surface area contributed by atoms with Crippen molar-refractivity contribution >= 4 is 5.82 Å². The first kappa shape index (κ1) is 10.0. The van der Waals surface area contributed by atoms with E-state index in [-0.39, 0.29) is 0 Å². The van der Waals surface area contributed by atoms with Crippen molar-refractivity contribution in [2.45, 2.75) is 37.8 Å². The van der Waals surface area contributed by atoms with Crippen LogP contribution in [0, 0.1) is 0 Å². The largest absolute Gasteiger partial charge is 0.374 e. The molecule has 0 N–H and O–H groups in total. The van der Waals surface area contributed by atoms with Crippen LogP contribution in [0.4, 0.5) is 5.82 Å². The van der Waals surface area contributed by atoms with E-state index in [1.54, 1.807) is 12.4 Å². The van der Waals surface area contributed by atoms with Crippen LogP contribution in [0.25, 0.3) is 0 Å². The van der Waals surface area contributed by atoms with Gasteiger partial charge in [0.15, 0.2) is 0 Å². The van der Waals surface area contributed by atoms with Crippen molar-refractivity contribution in [1.82, 2.24) is 9.97 Å². The Morgan fingerprint density at radius 1 is 1.25 bits per heavy atom. The molecule has 2 atom stereocenters. The van der Waals surface area contributed by atoms with Crippen LogP contribution in [0.2, 0.25) is 0 Å². The molecule has 0 radical (unpaired) electrons. The lowest BCUT2D eigenvalue weighted by Gasteiger charge is -2.44. The van der Waals surface area contributed by atoms with Gasteiger partial charge in [-0.2, -0.15) is 0 Å². The molecule has 1 saturated carbocycles. The minimum Gasteiger partial charge on any atom is -0.374 e. The molecule has 3 rings (SSSR count). The standard InChI is InChI=1S/C12H17N3O/c1-2-4-11-10(3-1)15(7-8-16-11)12-9-13-5-6-14-12/h5-6,9-11H,1-4,7-8H2/t10-,11-/m1/s1. The zero-order chi connectivity index (χ0) is 10.8. The molecular formula is C12H17N3O. The van der Waals surface area contributed by atoms with Crippen molar-refractivity contribution in [3.63, 3.8) is 0 Å². The molecule has 1 aliphatic heterocycles. The molecule has 2 aliphatic rings. The second kappa shape index (κ2) is 4.37. The fourth-order valence-electron chi connectivity index (χ4n) is 2.82. The van der Waals surface area contributed by atoms with Crippen molar-refractivity contribution in [2.24, 2.45) is 0 Å². The highest BCUT2D eigenvalue weighted by atomic mass is 16.5. The molecule has 4 nitrogen and oxygen atoms in total. The minimum atomic E-state index is 0.407. The maximum absolute atomic E-state index is 5.84. The van der Waals surface area contributed by atoms with Crippen LogP contribution in [-0.4, -0.2) is 35.3 Å². The Labute approximate surface area is 95.7 Å². The Morgan fingerprint density at radius 2 is 2.19 bits per heavy atom. The number of hydrogen-bond donors (Lipinski definition) is 0. The molecule has 4 heteroatoms. The SMILES string of the molecule is c1cnc(N2CCO[C@@H]3CCCC[C@H]32)cn1. The summed E-state index contributed by atoms with van der Waals surface area (Å²) < 4.78 is 5.84. The van der Waals surface area contributed by atoms with Gasteiger partial charge >= 0.3 is 0 Å². The molecule has 16 heavy (non-hydrogen) atoms. The lowest BCUT2D eigenvalue weighted by Crippen LogP contribution is -2.53. The Kier molecular flexibility index (Phi) is 2.74. The number of ether oxygens (including phenoxy) is 1. The third-order valence-electron chi connectivity index (χ3n) is 3.58. The third kappa shape index (κ3) is 1.78. The number of fused-ring (bicyclic) bond motifs is 1. The Bertz CT molecular complexity index is 341. The van der Waals surface area contributed by atoms with Gasteiger partial charge < -0.3 is 9.64 Å². The molecule has 0 unspecified atom stereocenters. The van der Waals surface area contributed by atoms with Crippen LogP contribution in [0.1, 0.15) is 25.7 Å². The normalized spacial score (nSPS) is 29.9. The van der Waals surface area contributed by atoms with Gasteiger partial charge in [-0.25, -0.2) is 4.98 Å². The molecule has 1 aliphatic carbocycles. The number of hydrogen-bond acceptors (Lipinski definition) is 4. The van der Waals surface area contributed by atoms with Crippen LogP contribution in [-0.2, 0) is 4.74 Å². The average Bonchev–Trinajstić information content (AvgIpc) is 2.39. The van der Waals surface area contributed by atoms with Crippen LogP contribution in [0.15, 0.2) is 18.6 Å². The van der Waals surface area contributed by atoms with Crippen LogP contribution in [0.5, 0.6) is 0 Å². The smallest absolute Gasteiger partial charge is 0.147 e. The van der Waals surface area contributed by atoms with Crippen molar-refractivity contribution in [3.05, 3.63) is 18.6 Å². The van der Waals surface area contributed by atoms with E-state index >= 15 is 0 Å². The first-order chi connectivity index (χ1) is 7.95. The first-order valence-corrected chi connectivity index (χ1v) is 6.09. The lowest BCUT2D eigenvalue weighted by molar-refractivity contribution is -0.00901. The van der Waals surface area contributed by atoms with Gasteiger partial charge in [-0.15, -0.1) is 0 Å². The summed E-state index contributed by atoms with van der Waals surface area (Å²) in [5.74, 6) is 1.00. The number of morpholine rings is 1. The molecule has 0 aromatic carbocycles. The Hall–Kier alpha value is -1.16. The van der Waals surface area contributed by atoms with Gasteiger partial charge in [-0.3, -0.25) is 4.98 Å². The summed E-state index contributed by atoms with van der Waals surface area (Å²) in [6, 6.07) is 0.513. The van der Waals surface area contributed by atoms with Gasteiger partial charge in [0.2, 0.25) is 0 Å².